The van der Waals surface area contributed by atoms with E-state index >= 15 is 0 Å². The average molecular weight is 229 g/mol. The first-order valence-corrected chi connectivity index (χ1v) is 6.49. The van der Waals surface area contributed by atoms with E-state index < -0.39 is 5.60 Å². The highest BCUT2D eigenvalue weighted by atomic mass is 16.5. The van der Waals surface area contributed by atoms with Crippen LogP contribution in [0.4, 0.5) is 0 Å². The lowest BCUT2D eigenvalue weighted by Crippen LogP contribution is -2.44. The van der Waals surface area contributed by atoms with Gasteiger partial charge < -0.3 is 15.2 Å². The largest absolute Gasteiger partial charge is 0.389 e. The molecule has 0 atom stereocenters. The molecular weight excluding hydrogens is 202 g/mol. The number of ether oxygens (including phenoxy) is 1. The Morgan fingerprint density at radius 2 is 2.00 bits per heavy atom. The third-order valence-corrected chi connectivity index (χ3v) is 3.84. The number of methoxy groups -OCH3 is 1. The third kappa shape index (κ3) is 4.40. The molecule has 0 saturated heterocycles. The van der Waals surface area contributed by atoms with Gasteiger partial charge in [0.25, 0.3) is 0 Å². The molecule has 2 N–H and O–H groups in total. The van der Waals surface area contributed by atoms with Crippen LogP contribution in [0.5, 0.6) is 0 Å². The first-order valence-electron chi connectivity index (χ1n) is 6.49. The van der Waals surface area contributed by atoms with Crippen LogP contribution in [-0.2, 0) is 4.74 Å². The molecule has 0 heterocycles. The summed E-state index contributed by atoms with van der Waals surface area (Å²) in [6.07, 6.45) is 4.21. The van der Waals surface area contributed by atoms with Gasteiger partial charge >= 0.3 is 0 Å². The molecule has 0 aromatic rings. The minimum atomic E-state index is -0.473. The van der Waals surface area contributed by atoms with Crippen LogP contribution in [-0.4, -0.2) is 37.5 Å². The van der Waals surface area contributed by atoms with Gasteiger partial charge in [-0.05, 0) is 37.5 Å². The highest BCUT2D eigenvalue weighted by Gasteiger charge is 2.33. The molecule has 0 radical (unpaired) electrons. The second kappa shape index (κ2) is 6.58. The van der Waals surface area contributed by atoms with Gasteiger partial charge in [-0.2, -0.15) is 0 Å². The summed E-state index contributed by atoms with van der Waals surface area (Å²) in [7, 11) is 1.70. The van der Waals surface area contributed by atoms with Crippen molar-refractivity contribution in [2.75, 3.05) is 26.8 Å². The van der Waals surface area contributed by atoms with Crippen LogP contribution in [0.3, 0.4) is 0 Å². The van der Waals surface area contributed by atoms with E-state index in [0.29, 0.717) is 13.2 Å². The summed E-state index contributed by atoms with van der Waals surface area (Å²) >= 11 is 0. The van der Waals surface area contributed by atoms with Crippen molar-refractivity contribution in [3.63, 3.8) is 0 Å². The van der Waals surface area contributed by atoms with Crippen LogP contribution in [0.2, 0.25) is 0 Å². The fourth-order valence-corrected chi connectivity index (χ4v) is 2.52. The molecule has 3 heteroatoms. The van der Waals surface area contributed by atoms with Gasteiger partial charge in [-0.3, -0.25) is 0 Å². The molecule has 0 unspecified atom stereocenters. The summed E-state index contributed by atoms with van der Waals surface area (Å²) in [5.74, 6) is 1.56. The number of hydrogen-bond acceptors (Lipinski definition) is 3. The van der Waals surface area contributed by atoms with E-state index in [1.807, 2.05) is 0 Å². The molecule has 1 rings (SSSR count). The van der Waals surface area contributed by atoms with Crippen molar-refractivity contribution in [1.82, 2.24) is 5.32 Å². The molecule has 0 bridgehead atoms. The maximum Gasteiger partial charge on any atom is 0.0771 e. The monoisotopic (exact) mass is 229 g/mol. The first-order chi connectivity index (χ1) is 7.57. The highest BCUT2D eigenvalue weighted by Crippen LogP contribution is 2.35. The molecule has 0 aromatic heterocycles. The van der Waals surface area contributed by atoms with E-state index in [4.69, 9.17) is 4.74 Å². The molecule has 3 nitrogen and oxygen atoms in total. The molecule has 16 heavy (non-hydrogen) atoms. The van der Waals surface area contributed by atoms with Crippen LogP contribution >= 0.6 is 0 Å². The lowest BCUT2D eigenvalue weighted by Gasteiger charge is -2.37. The van der Waals surface area contributed by atoms with Crippen LogP contribution in [0.15, 0.2) is 0 Å². The Morgan fingerprint density at radius 3 is 2.50 bits per heavy atom. The quantitative estimate of drug-likeness (QED) is 0.682. The Bertz CT molecular complexity index is 186. The van der Waals surface area contributed by atoms with Gasteiger partial charge in [0.05, 0.1) is 12.2 Å². The minimum absolute atomic E-state index is 0.473. The van der Waals surface area contributed by atoms with E-state index in [-0.39, 0.29) is 0 Å². The number of aliphatic hydroxyl groups is 1. The van der Waals surface area contributed by atoms with Crippen molar-refractivity contribution in [3.8, 4) is 0 Å². The number of rotatable bonds is 6. The first kappa shape index (κ1) is 13.9. The molecule has 0 amide bonds. The maximum atomic E-state index is 10.4. The Kier molecular flexibility index (Phi) is 5.73. The zero-order chi connectivity index (χ0) is 12.0. The normalized spacial score (nSPS) is 30.9. The van der Waals surface area contributed by atoms with Crippen molar-refractivity contribution >= 4 is 0 Å². The molecule has 1 fully saturated rings. The topological polar surface area (TPSA) is 41.5 Å². The van der Waals surface area contributed by atoms with E-state index in [9.17, 15) is 5.11 Å². The molecule has 0 spiro atoms. The Hall–Kier alpha value is -0.120. The third-order valence-electron chi connectivity index (χ3n) is 3.84. The van der Waals surface area contributed by atoms with Crippen molar-refractivity contribution in [1.29, 1.82) is 0 Å². The molecular formula is C13H27NO2. The van der Waals surface area contributed by atoms with Gasteiger partial charge in [0.1, 0.15) is 0 Å². The molecule has 0 aromatic carbocycles. The van der Waals surface area contributed by atoms with E-state index in [1.54, 1.807) is 7.11 Å². The van der Waals surface area contributed by atoms with Gasteiger partial charge in [-0.15, -0.1) is 0 Å². The van der Waals surface area contributed by atoms with Gasteiger partial charge in [-0.1, -0.05) is 13.8 Å². The highest BCUT2D eigenvalue weighted by molar-refractivity contribution is 4.87. The zero-order valence-electron chi connectivity index (χ0n) is 11.0. The Balaban J connectivity index is 2.21. The minimum Gasteiger partial charge on any atom is -0.389 e. The fraction of sp³-hybridized carbons (Fsp3) is 1.00. The SMILES string of the molecule is COCCNCC1(O)CCC(C(C)C)CC1. The number of hydrogen-bond donors (Lipinski definition) is 2. The summed E-state index contributed by atoms with van der Waals surface area (Å²) in [6, 6.07) is 0. The predicted molar refractivity (Wildman–Crippen MR) is 66.5 cm³/mol. The average Bonchev–Trinajstić information content (AvgIpc) is 2.25. The second-order valence-corrected chi connectivity index (χ2v) is 5.48. The lowest BCUT2D eigenvalue weighted by molar-refractivity contribution is -0.0146. The van der Waals surface area contributed by atoms with Crippen LogP contribution in [0, 0.1) is 11.8 Å². The maximum absolute atomic E-state index is 10.4. The van der Waals surface area contributed by atoms with E-state index in [2.05, 4.69) is 19.2 Å². The van der Waals surface area contributed by atoms with Crippen LogP contribution < -0.4 is 5.32 Å². The van der Waals surface area contributed by atoms with Crippen LogP contribution in [0.25, 0.3) is 0 Å². The Morgan fingerprint density at radius 1 is 1.38 bits per heavy atom. The molecule has 1 aliphatic rings. The summed E-state index contributed by atoms with van der Waals surface area (Å²) < 4.78 is 4.97. The van der Waals surface area contributed by atoms with Gasteiger partial charge in [-0.25, -0.2) is 0 Å². The molecule has 96 valence electrons. The molecule has 1 aliphatic carbocycles. The smallest absolute Gasteiger partial charge is 0.0771 e. The van der Waals surface area contributed by atoms with Gasteiger partial charge in [0.2, 0.25) is 0 Å². The zero-order valence-corrected chi connectivity index (χ0v) is 11.0. The summed E-state index contributed by atoms with van der Waals surface area (Å²) in [4.78, 5) is 0. The van der Waals surface area contributed by atoms with Crippen molar-refractivity contribution in [3.05, 3.63) is 0 Å². The summed E-state index contributed by atoms with van der Waals surface area (Å²) in [6.45, 7) is 6.82. The Labute approximate surface area is 99.6 Å². The summed E-state index contributed by atoms with van der Waals surface area (Å²) in [5.41, 5.74) is -0.473. The van der Waals surface area contributed by atoms with Crippen LogP contribution in [0.1, 0.15) is 39.5 Å². The fourth-order valence-electron chi connectivity index (χ4n) is 2.52. The van der Waals surface area contributed by atoms with E-state index in [1.165, 1.54) is 12.8 Å². The van der Waals surface area contributed by atoms with Crippen molar-refractivity contribution in [2.24, 2.45) is 11.8 Å². The lowest BCUT2D eigenvalue weighted by atomic mass is 9.74. The summed E-state index contributed by atoms with van der Waals surface area (Å²) in [5, 5.41) is 13.6. The van der Waals surface area contributed by atoms with Gasteiger partial charge in [0.15, 0.2) is 0 Å². The molecule has 0 aliphatic heterocycles. The van der Waals surface area contributed by atoms with Crippen molar-refractivity contribution < 1.29 is 9.84 Å². The van der Waals surface area contributed by atoms with Crippen molar-refractivity contribution in [2.45, 2.75) is 45.1 Å². The standard InChI is InChI=1S/C13H27NO2/c1-11(2)12-4-6-13(15,7-5-12)10-14-8-9-16-3/h11-12,14-15H,4-10H2,1-3H3. The predicted octanol–water partition coefficient (Wildman–Crippen LogP) is 1.80. The second-order valence-electron chi connectivity index (χ2n) is 5.48. The molecule has 1 saturated carbocycles. The van der Waals surface area contributed by atoms with Gasteiger partial charge in [0, 0.05) is 20.2 Å². The number of nitrogens with one attached hydrogen (secondary N) is 1. The van der Waals surface area contributed by atoms with E-state index in [0.717, 1.165) is 31.2 Å².